The Hall–Kier alpha value is -2.89. The average Bonchev–Trinajstić information content (AvgIpc) is 3.13. The molecule has 0 atom stereocenters. The second-order valence-corrected chi connectivity index (χ2v) is 6.88. The fourth-order valence-electron chi connectivity index (χ4n) is 3.75. The van der Waals surface area contributed by atoms with Crippen LogP contribution in [0.4, 0.5) is 5.69 Å². The van der Waals surface area contributed by atoms with Gasteiger partial charge in [0.1, 0.15) is 0 Å². The van der Waals surface area contributed by atoms with Gasteiger partial charge in [0.25, 0.3) is 5.91 Å². The summed E-state index contributed by atoms with van der Waals surface area (Å²) < 4.78 is 1.66. The minimum atomic E-state index is 0.0471. The van der Waals surface area contributed by atoms with Crippen molar-refractivity contribution in [2.45, 2.75) is 18.9 Å². The molecular formula is C20H23N5O. The van der Waals surface area contributed by atoms with Gasteiger partial charge in [0.05, 0.1) is 17.3 Å². The maximum Gasteiger partial charge on any atom is 0.257 e. The molecule has 0 spiro atoms. The van der Waals surface area contributed by atoms with Crippen LogP contribution in [-0.4, -0.2) is 51.8 Å². The van der Waals surface area contributed by atoms with Crippen molar-refractivity contribution in [3.8, 4) is 0 Å². The fraction of sp³-hybridized carbons (Fsp3) is 0.350. The molecule has 1 aliphatic heterocycles. The zero-order valence-electron chi connectivity index (χ0n) is 15.2. The highest BCUT2D eigenvalue weighted by atomic mass is 16.2. The van der Waals surface area contributed by atoms with Crippen molar-refractivity contribution in [3.05, 3.63) is 54.5 Å². The van der Waals surface area contributed by atoms with Crippen molar-refractivity contribution < 1.29 is 4.79 Å². The first-order valence-corrected chi connectivity index (χ1v) is 8.98. The van der Waals surface area contributed by atoms with Crippen LogP contribution in [-0.2, 0) is 7.05 Å². The molecule has 0 N–H and O–H groups in total. The number of aryl methyl sites for hydroxylation is 1. The first-order chi connectivity index (χ1) is 12.6. The van der Waals surface area contributed by atoms with Gasteiger partial charge >= 0.3 is 0 Å². The summed E-state index contributed by atoms with van der Waals surface area (Å²) >= 11 is 0. The van der Waals surface area contributed by atoms with E-state index in [1.54, 1.807) is 17.1 Å². The third-order valence-electron chi connectivity index (χ3n) is 5.25. The van der Waals surface area contributed by atoms with Crippen molar-refractivity contribution in [3.63, 3.8) is 0 Å². The maximum absolute atomic E-state index is 12.6. The van der Waals surface area contributed by atoms with Crippen molar-refractivity contribution in [1.82, 2.24) is 19.7 Å². The first kappa shape index (κ1) is 16.6. The second kappa shape index (κ2) is 6.78. The third kappa shape index (κ3) is 3.03. The highest BCUT2D eigenvalue weighted by Crippen LogP contribution is 2.28. The van der Waals surface area contributed by atoms with Crippen LogP contribution in [0.5, 0.6) is 0 Å². The number of benzene rings is 1. The topological polar surface area (TPSA) is 54.3 Å². The van der Waals surface area contributed by atoms with Crippen LogP contribution in [0.15, 0.2) is 48.9 Å². The molecule has 1 fully saturated rings. The van der Waals surface area contributed by atoms with Crippen LogP contribution >= 0.6 is 0 Å². The summed E-state index contributed by atoms with van der Waals surface area (Å²) in [6.45, 7) is 1.87. The summed E-state index contributed by atoms with van der Waals surface area (Å²) in [6, 6.07) is 10.6. The van der Waals surface area contributed by atoms with E-state index >= 15 is 0 Å². The monoisotopic (exact) mass is 349 g/mol. The Morgan fingerprint density at radius 1 is 1.19 bits per heavy atom. The quantitative estimate of drug-likeness (QED) is 0.730. The first-order valence-electron chi connectivity index (χ1n) is 8.98. The molecule has 4 rings (SSSR count). The molecule has 0 bridgehead atoms. The van der Waals surface area contributed by atoms with Crippen LogP contribution < -0.4 is 4.90 Å². The molecule has 0 radical (unpaired) electrons. The van der Waals surface area contributed by atoms with Gasteiger partial charge in [-0.1, -0.05) is 18.2 Å². The van der Waals surface area contributed by atoms with Crippen molar-refractivity contribution >= 4 is 22.5 Å². The molecule has 26 heavy (non-hydrogen) atoms. The minimum Gasteiger partial charge on any atom is -0.371 e. The van der Waals surface area contributed by atoms with E-state index in [1.807, 2.05) is 37.3 Å². The zero-order chi connectivity index (χ0) is 18.1. The number of nitrogens with zero attached hydrogens (tertiary/aromatic N) is 5. The third-order valence-corrected chi connectivity index (χ3v) is 5.25. The Morgan fingerprint density at radius 2 is 1.96 bits per heavy atom. The number of anilines is 1. The molecule has 6 heteroatoms. The molecule has 1 amide bonds. The van der Waals surface area contributed by atoms with Crippen LogP contribution in [0.3, 0.4) is 0 Å². The number of carbonyl (C=O) groups is 1. The number of carbonyl (C=O) groups excluding carboxylic acids is 1. The van der Waals surface area contributed by atoms with Gasteiger partial charge in [-0.15, -0.1) is 0 Å². The summed E-state index contributed by atoms with van der Waals surface area (Å²) in [5.74, 6) is 0.0471. The summed E-state index contributed by atoms with van der Waals surface area (Å²) in [5.41, 5.74) is 2.91. The molecule has 3 heterocycles. The van der Waals surface area contributed by atoms with Gasteiger partial charge in [0.15, 0.2) is 0 Å². The fourth-order valence-corrected chi connectivity index (χ4v) is 3.75. The SMILES string of the molecule is CN(C(=O)c1cnn(C)c1)C1CCN(c2ccnc3ccccc23)CC1. The Morgan fingerprint density at radius 3 is 2.69 bits per heavy atom. The number of hydrogen-bond donors (Lipinski definition) is 0. The van der Waals surface area contributed by atoms with Crippen LogP contribution in [0.25, 0.3) is 10.9 Å². The van der Waals surface area contributed by atoms with Gasteiger partial charge in [-0.25, -0.2) is 0 Å². The number of fused-ring (bicyclic) bond motifs is 1. The molecule has 134 valence electrons. The highest BCUT2D eigenvalue weighted by molar-refractivity contribution is 5.94. The minimum absolute atomic E-state index is 0.0471. The highest BCUT2D eigenvalue weighted by Gasteiger charge is 2.27. The Bertz CT molecular complexity index is 921. The van der Waals surface area contributed by atoms with E-state index in [1.165, 1.54) is 11.1 Å². The molecule has 0 unspecified atom stereocenters. The normalized spacial score (nSPS) is 15.4. The van der Waals surface area contributed by atoms with E-state index in [4.69, 9.17) is 0 Å². The van der Waals surface area contributed by atoms with Crippen LogP contribution in [0.1, 0.15) is 23.2 Å². The number of amides is 1. The predicted octanol–water partition coefficient (Wildman–Crippen LogP) is 2.71. The molecule has 6 nitrogen and oxygen atoms in total. The van der Waals surface area contributed by atoms with E-state index < -0.39 is 0 Å². The lowest BCUT2D eigenvalue weighted by Crippen LogP contribution is -2.45. The van der Waals surface area contributed by atoms with E-state index in [-0.39, 0.29) is 11.9 Å². The van der Waals surface area contributed by atoms with Crippen LogP contribution in [0.2, 0.25) is 0 Å². The van der Waals surface area contributed by atoms with Gasteiger partial charge in [0.2, 0.25) is 0 Å². The molecule has 3 aromatic rings. The van der Waals surface area contributed by atoms with Crippen molar-refractivity contribution in [2.75, 3.05) is 25.0 Å². The lowest BCUT2D eigenvalue weighted by atomic mass is 10.0. The standard InChI is InChI=1S/C20H23N5O/c1-23-14-15(13-22-23)20(26)24(2)16-8-11-25(12-9-16)19-7-10-21-18-6-4-3-5-17(18)19/h3-7,10,13-14,16H,8-9,11-12H2,1-2H3. The zero-order valence-corrected chi connectivity index (χ0v) is 15.2. The molecule has 1 aromatic carbocycles. The van der Waals surface area contributed by atoms with E-state index in [0.29, 0.717) is 5.56 Å². The summed E-state index contributed by atoms with van der Waals surface area (Å²) in [4.78, 5) is 21.4. The van der Waals surface area contributed by atoms with Gasteiger partial charge in [-0.3, -0.25) is 14.5 Å². The molecule has 1 saturated heterocycles. The smallest absolute Gasteiger partial charge is 0.257 e. The van der Waals surface area contributed by atoms with Crippen molar-refractivity contribution in [2.24, 2.45) is 7.05 Å². The number of aromatic nitrogens is 3. The molecule has 2 aromatic heterocycles. The summed E-state index contributed by atoms with van der Waals surface area (Å²) in [6.07, 6.45) is 7.20. The Kier molecular flexibility index (Phi) is 4.32. The largest absolute Gasteiger partial charge is 0.371 e. The van der Waals surface area contributed by atoms with Gasteiger partial charge < -0.3 is 9.80 Å². The molecule has 1 aliphatic rings. The molecule has 0 saturated carbocycles. The van der Waals surface area contributed by atoms with E-state index in [0.717, 1.165) is 31.4 Å². The van der Waals surface area contributed by atoms with Gasteiger partial charge in [-0.2, -0.15) is 5.10 Å². The number of para-hydroxylation sites is 1. The van der Waals surface area contributed by atoms with Crippen LogP contribution in [0, 0.1) is 0 Å². The molecule has 0 aliphatic carbocycles. The maximum atomic E-state index is 12.6. The lowest BCUT2D eigenvalue weighted by molar-refractivity contribution is 0.0709. The second-order valence-electron chi connectivity index (χ2n) is 6.88. The number of rotatable bonds is 3. The predicted molar refractivity (Wildman–Crippen MR) is 102 cm³/mol. The number of pyridine rings is 1. The molecular weight excluding hydrogens is 326 g/mol. The van der Waals surface area contributed by atoms with Crippen molar-refractivity contribution in [1.29, 1.82) is 0 Å². The van der Waals surface area contributed by atoms with E-state index in [9.17, 15) is 4.79 Å². The Labute approximate surface area is 153 Å². The number of piperidine rings is 1. The summed E-state index contributed by atoms with van der Waals surface area (Å²) in [7, 11) is 3.73. The summed E-state index contributed by atoms with van der Waals surface area (Å²) in [5, 5.41) is 5.29. The number of hydrogen-bond acceptors (Lipinski definition) is 4. The Balaban J connectivity index is 1.46. The lowest BCUT2D eigenvalue weighted by Gasteiger charge is -2.38. The van der Waals surface area contributed by atoms with Gasteiger partial charge in [-0.05, 0) is 25.0 Å². The average molecular weight is 349 g/mol. The van der Waals surface area contributed by atoms with Gasteiger partial charge in [0, 0.05) is 56.7 Å². The van der Waals surface area contributed by atoms with E-state index in [2.05, 4.69) is 33.2 Å².